The van der Waals surface area contributed by atoms with Gasteiger partial charge in [-0.1, -0.05) is 13.0 Å². The first-order valence-corrected chi connectivity index (χ1v) is 6.86. The van der Waals surface area contributed by atoms with Crippen LogP contribution in [0.1, 0.15) is 13.3 Å². The zero-order chi connectivity index (χ0) is 13.8. The SMILES string of the molecule is CC1=[C-]CC=C1.[Cl-].[Cl-].[Ti+4].c1ccc2[cH-]c(-n3cccc3)cc2c1. The first-order chi connectivity index (χ1) is 9.83. The van der Waals surface area contributed by atoms with Crippen LogP contribution in [0.25, 0.3) is 16.5 Å². The molecule has 4 rings (SSSR count). The third kappa shape index (κ3) is 5.78. The summed E-state index contributed by atoms with van der Waals surface area (Å²) in [5.41, 5.74) is 2.51. The zero-order valence-corrected chi connectivity index (χ0v) is 15.9. The van der Waals surface area contributed by atoms with Crippen LogP contribution in [-0.2, 0) is 21.7 Å². The van der Waals surface area contributed by atoms with Crippen LogP contribution in [0, 0.1) is 6.08 Å². The monoisotopic (exact) mass is 377 g/mol. The van der Waals surface area contributed by atoms with Crippen LogP contribution >= 0.6 is 0 Å². The Kier molecular flexibility index (Phi) is 10.1. The van der Waals surface area contributed by atoms with Crippen LogP contribution in [0.15, 0.2) is 78.6 Å². The Balaban J connectivity index is 0.000000469. The van der Waals surface area contributed by atoms with E-state index in [0.29, 0.717) is 0 Å². The Morgan fingerprint density at radius 2 is 1.74 bits per heavy atom. The van der Waals surface area contributed by atoms with E-state index in [-0.39, 0.29) is 46.5 Å². The fraction of sp³-hybridized carbons (Fsp3) is 0.105. The van der Waals surface area contributed by atoms with Crippen molar-refractivity contribution in [1.29, 1.82) is 0 Å². The molecular formula is C19H17Cl2NTi. The van der Waals surface area contributed by atoms with E-state index in [2.05, 4.69) is 78.5 Å². The van der Waals surface area contributed by atoms with Crippen molar-refractivity contribution in [3.05, 3.63) is 84.7 Å². The molecule has 1 nitrogen and oxygen atoms in total. The van der Waals surface area contributed by atoms with Gasteiger partial charge in [0.05, 0.1) is 0 Å². The Morgan fingerprint density at radius 3 is 2.26 bits per heavy atom. The average Bonchev–Trinajstić information content (AvgIpc) is 3.20. The molecule has 2 aromatic carbocycles. The summed E-state index contributed by atoms with van der Waals surface area (Å²) in [6.45, 7) is 2.06. The first kappa shape index (κ1) is 21.9. The van der Waals surface area contributed by atoms with E-state index in [0.717, 1.165) is 6.42 Å². The number of halogens is 2. The van der Waals surface area contributed by atoms with Gasteiger partial charge in [0.1, 0.15) is 0 Å². The van der Waals surface area contributed by atoms with Crippen molar-refractivity contribution in [2.24, 2.45) is 0 Å². The van der Waals surface area contributed by atoms with Gasteiger partial charge in [-0.25, -0.2) is 11.6 Å². The van der Waals surface area contributed by atoms with Crippen LogP contribution in [0.2, 0.25) is 0 Å². The van der Waals surface area contributed by atoms with Crippen molar-refractivity contribution in [2.45, 2.75) is 13.3 Å². The van der Waals surface area contributed by atoms with E-state index < -0.39 is 0 Å². The van der Waals surface area contributed by atoms with Crippen molar-refractivity contribution in [3.63, 3.8) is 0 Å². The van der Waals surface area contributed by atoms with Gasteiger partial charge in [0.2, 0.25) is 0 Å². The zero-order valence-electron chi connectivity index (χ0n) is 12.8. The molecule has 0 aliphatic heterocycles. The van der Waals surface area contributed by atoms with Crippen molar-refractivity contribution in [2.75, 3.05) is 0 Å². The van der Waals surface area contributed by atoms with Crippen molar-refractivity contribution in [3.8, 4) is 5.69 Å². The van der Waals surface area contributed by atoms with Gasteiger partial charge < -0.3 is 29.4 Å². The summed E-state index contributed by atoms with van der Waals surface area (Å²) in [6, 6.07) is 16.9. The minimum atomic E-state index is 0. The standard InChI is InChI=1S/C13H10N.C6H7.2ClH.Ti/c1-2-6-12-10-13(9-11(12)5-1)14-7-3-4-8-14;1-6-4-2-3-5-6;;;/h1-10H;2,4H,3H2,1H3;2*1H;/q2*-1;;;+4/p-2. The maximum Gasteiger partial charge on any atom is 4.00 e. The number of aromatic nitrogens is 1. The largest absolute Gasteiger partial charge is 4.00 e. The van der Waals surface area contributed by atoms with Gasteiger partial charge in [0, 0.05) is 12.4 Å². The number of nitrogens with zero attached hydrogens (tertiary/aromatic N) is 1. The van der Waals surface area contributed by atoms with Gasteiger partial charge in [-0.3, -0.25) is 6.08 Å². The first-order valence-electron chi connectivity index (χ1n) is 6.86. The predicted molar refractivity (Wildman–Crippen MR) is 85.1 cm³/mol. The molecule has 116 valence electrons. The smallest absolute Gasteiger partial charge is 1.00 e. The fourth-order valence-electron chi connectivity index (χ4n) is 2.30. The van der Waals surface area contributed by atoms with Gasteiger partial charge in [-0.15, -0.1) is 47.5 Å². The van der Waals surface area contributed by atoms with Crippen LogP contribution in [0.4, 0.5) is 0 Å². The van der Waals surface area contributed by atoms with Crippen molar-refractivity contribution >= 4 is 10.8 Å². The van der Waals surface area contributed by atoms with Gasteiger partial charge in [0.15, 0.2) is 0 Å². The molecule has 0 radical (unpaired) electrons. The third-order valence-corrected chi connectivity index (χ3v) is 3.37. The second kappa shape index (κ2) is 10.6. The van der Waals surface area contributed by atoms with Crippen LogP contribution in [0.3, 0.4) is 0 Å². The van der Waals surface area contributed by atoms with Gasteiger partial charge >= 0.3 is 21.7 Å². The van der Waals surface area contributed by atoms with Gasteiger partial charge in [-0.05, 0) is 17.8 Å². The second-order valence-electron chi connectivity index (χ2n) is 4.90. The molecule has 0 saturated carbocycles. The topological polar surface area (TPSA) is 4.93 Å². The molecule has 3 aromatic rings. The number of hydrogen-bond donors (Lipinski definition) is 0. The molecule has 0 N–H and O–H groups in total. The Bertz CT molecular complexity index is 719. The summed E-state index contributed by atoms with van der Waals surface area (Å²) >= 11 is 0. The van der Waals surface area contributed by atoms with Gasteiger partial charge in [-0.2, -0.15) is 6.08 Å². The number of rotatable bonds is 1. The maximum atomic E-state index is 3.12. The minimum absolute atomic E-state index is 0. The Labute approximate surface area is 165 Å². The average molecular weight is 378 g/mol. The molecule has 4 heteroatoms. The quantitative estimate of drug-likeness (QED) is 0.380. The van der Waals surface area contributed by atoms with E-state index in [9.17, 15) is 0 Å². The summed E-state index contributed by atoms with van der Waals surface area (Å²) in [4.78, 5) is 0. The second-order valence-corrected chi connectivity index (χ2v) is 4.90. The number of benzene rings is 1. The summed E-state index contributed by atoms with van der Waals surface area (Å²) in [6.07, 6.45) is 12.5. The molecule has 0 spiro atoms. The molecule has 0 bridgehead atoms. The van der Waals surface area contributed by atoms with E-state index in [4.69, 9.17) is 0 Å². The summed E-state index contributed by atoms with van der Waals surface area (Å²) in [5.74, 6) is 0. The van der Waals surface area contributed by atoms with E-state index in [1.54, 1.807) is 0 Å². The minimum Gasteiger partial charge on any atom is -1.00 e. The summed E-state index contributed by atoms with van der Waals surface area (Å²) in [7, 11) is 0. The van der Waals surface area contributed by atoms with E-state index in [1.807, 2.05) is 12.1 Å². The molecule has 1 aliphatic carbocycles. The molecule has 1 aliphatic rings. The molecule has 0 unspecified atom stereocenters. The molecule has 23 heavy (non-hydrogen) atoms. The van der Waals surface area contributed by atoms with E-state index >= 15 is 0 Å². The molecule has 1 heterocycles. The predicted octanol–water partition coefficient (Wildman–Crippen LogP) is -0.949. The van der Waals surface area contributed by atoms with Gasteiger partial charge in [0.25, 0.3) is 0 Å². The van der Waals surface area contributed by atoms with Crippen LogP contribution < -0.4 is 24.8 Å². The number of hydrogen-bond acceptors (Lipinski definition) is 0. The molecule has 1 aromatic heterocycles. The van der Waals surface area contributed by atoms with Crippen molar-refractivity contribution in [1.82, 2.24) is 4.57 Å². The summed E-state index contributed by atoms with van der Waals surface area (Å²) < 4.78 is 2.12. The van der Waals surface area contributed by atoms with E-state index in [1.165, 1.54) is 22.0 Å². The maximum absolute atomic E-state index is 3.12. The molecule has 0 fully saturated rings. The third-order valence-electron chi connectivity index (χ3n) is 3.37. The fourth-order valence-corrected chi connectivity index (χ4v) is 2.30. The van der Waals surface area contributed by atoms with Crippen molar-refractivity contribution < 1.29 is 46.5 Å². The Morgan fingerprint density at radius 1 is 1.04 bits per heavy atom. The molecule has 0 atom stereocenters. The number of fused-ring (bicyclic) bond motifs is 1. The van der Waals surface area contributed by atoms with Crippen LogP contribution in [-0.4, -0.2) is 4.57 Å². The van der Waals surface area contributed by atoms with Crippen LogP contribution in [0.5, 0.6) is 0 Å². The number of allylic oxidation sites excluding steroid dienone is 4. The summed E-state index contributed by atoms with van der Waals surface area (Å²) in [5, 5.41) is 2.60. The normalized spacial score (nSPS) is 11.4. The Hall–Kier alpha value is -1.12. The molecule has 0 saturated heterocycles. The molecular weight excluding hydrogens is 361 g/mol. The molecule has 0 amide bonds.